The van der Waals surface area contributed by atoms with Gasteiger partial charge in [0.15, 0.2) is 11.5 Å². The molecule has 0 saturated heterocycles. The van der Waals surface area contributed by atoms with Gasteiger partial charge in [0.25, 0.3) is 0 Å². The Balaban J connectivity index is 2.30. The molecule has 1 aromatic carbocycles. The van der Waals surface area contributed by atoms with Crippen molar-refractivity contribution < 1.29 is 13.9 Å². The third-order valence-electron chi connectivity index (χ3n) is 3.10. The van der Waals surface area contributed by atoms with E-state index in [0.717, 1.165) is 23.5 Å². The Kier molecular flexibility index (Phi) is 4.12. The second-order valence-electron chi connectivity index (χ2n) is 4.25. The molecule has 0 aliphatic carbocycles. The summed E-state index contributed by atoms with van der Waals surface area (Å²) in [6.07, 6.45) is 0.860. The van der Waals surface area contributed by atoms with E-state index in [0.29, 0.717) is 11.5 Å². The van der Waals surface area contributed by atoms with E-state index >= 15 is 0 Å². The SMILES string of the molecule is CCc1ccc(C(N)c2ccc(OC)c(OC)c2)o1. The summed E-state index contributed by atoms with van der Waals surface area (Å²) in [6, 6.07) is 9.20. The summed E-state index contributed by atoms with van der Waals surface area (Å²) in [4.78, 5) is 0. The number of aryl methyl sites for hydroxylation is 1. The van der Waals surface area contributed by atoms with Gasteiger partial charge < -0.3 is 19.6 Å². The van der Waals surface area contributed by atoms with Gasteiger partial charge in [0.1, 0.15) is 11.5 Å². The number of hydrogen-bond donors (Lipinski definition) is 1. The topological polar surface area (TPSA) is 57.6 Å². The Morgan fingerprint density at radius 1 is 1.11 bits per heavy atom. The number of hydrogen-bond acceptors (Lipinski definition) is 4. The van der Waals surface area contributed by atoms with Crippen molar-refractivity contribution in [3.05, 3.63) is 47.4 Å². The highest BCUT2D eigenvalue weighted by Gasteiger charge is 2.15. The molecule has 19 heavy (non-hydrogen) atoms. The average molecular weight is 261 g/mol. The number of benzene rings is 1. The minimum Gasteiger partial charge on any atom is -0.493 e. The lowest BCUT2D eigenvalue weighted by atomic mass is 10.0. The fourth-order valence-electron chi connectivity index (χ4n) is 1.96. The van der Waals surface area contributed by atoms with E-state index in [2.05, 4.69) is 0 Å². The van der Waals surface area contributed by atoms with Crippen LogP contribution in [0, 0.1) is 0 Å². The maximum Gasteiger partial charge on any atom is 0.161 e. The maximum absolute atomic E-state index is 6.21. The van der Waals surface area contributed by atoms with Gasteiger partial charge in [-0.2, -0.15) is 0 Å². The largest absolute Gasteiger partial charge is 0.493 e. The van der Waals surface area contributed by atoms with Crippen LogP contribution in [-0.4, -0.2) is 14.2 Å². The van der Waals surface area contributed by atoms with Crippen LogP contribution in [0.5, 0.6) is 11.5 Å². The summed E-state index contributed by atoms with van der Waals surface area (Å²) in [7, 11) is 3.22. The summed E-state index contributed by atoms with van der Waals surface area (Å²) < 4.78 is 16.2. The third-order valence-corrected chi connectivity index (χ3v) is 3.10. The Morgan fingerprint density at radius 2 is 1.84 bits per heavy atom. The third kappa shape index (κ3) is 2.74. The molecule has 2 N–H and O–H groups in total. The number of nitrogens with two attached hydrogens (primary N) is 1. The van der Waals surface area contributed by atoms with Crippen LogP contribution in [0.15, 0.2) is 34.7 Å². The van der Waals surface area contributed by atoms with E-state index < -0.39 is 0 Å². The molecule has 4 heteroatoms. The van der Waals surface area contributed by atoms with Gasteiger partial charge in [0.2, 0.25) is 0 Å². The first kappa shape index (κ1) is 13.5. The average Bonchev–Trinajstić information content (AvgIpc) is 2.94. The van der Waals surface area contributed by atoms with Gasteiger partial charge in [-0.25, -0.2) is 0 Å². The van der Waals surface area contributed by atoms with E-state index in [1.807, 2.05) is 37.3 Å². The number of rotatable bonds is 5. The predicted molar refractivity (Wildman–Crippen MR) is 73.7 cm³/mol. The van der Waals surface area contributed by atoms with Gasteiger partial charge >= 0.3 is 0 Å². The fourth-order valence-corrected chi connectivity index (χ4v) is 1.96. The minimum atomic E-state index is -0.305. The van der Waals surface area contributed by atoms with Crippen LogP contribution in [-0.2, 0) is 6.42 Å². The molecule has 2 aromatic rings. The minimum absolute atomic E-state index is 0.305. The molecule has 0 fully saturated rings. The second kappa shape index (κ2) is 5.80. The summed E-state index contributed by atoms with van der Waals surface area (Å²) >= 11 is 0. The van der Waals surface area contributed by atoms with E-state index in [1.54, 1.807) is 14.2 Å². The number of furan rings is 1. The van der Waals surface area contributed by atoms with E-state index in [-0.39, 0.29) is 6.04 Å². The molecule has 1 aromatic heterocycles. The first-order chi connectivity index (χ1) is 9.19. The molecule has 0 bridgehead atoms. The van der Waals surface area contributed by atoms with Gasteiger partial charge in [0.05, 0.1) is 20.3 Å². The van der Waals surface area contributed by atoms with E-state index in [4.69, 9.17) is 19.6 Å². The molecule has 2 rings (SSSR count). The Hall–Kier alpha value is -1.94. The summed E-state index contributed by atoms with van der Waals surface area (Å²) in [5, 5.41) is 0. The molecule has 0 amide bonds. The van der Waals surface area contributed by atoms with Gasteiger partial charge in [-0.3, -0.25) is 0 Å². The lowest BCUT2D eigenvalue weighted by Crippen LogP contribution is -2.11. The summed E-state index contributed by atoms with van der Waals surface area (Å²) in [5.41, 5.74) is 7.13. The molecular weight excluding hydrogens is 242 g/mol. The van der Waals surface area contributed by atoms with Gasteiger partial charge in [0, 0.05) is 6.42 Å². The van der Waals surface area contributed by atoms with Crippen LogP contribution in [0.3, 0.4) is 0 Å². The Bertz CT molecular complexity index is 548. The van der Waals surface area contributed by atoms with Gasteiger partial charge in [-0.1, -0.05) is 13.0 Å². The van der Waals surface area contributed by atoms with Crippen LogP contribution in [0.1, 0.15) is 30.0 Å². The van der Waals surface area contributed by atoms with Crippen molar-refractivity contribution in [3.8, 4) is 11.5 Å². The second-order valence-corrected chi connectivity index (χ2v) is 4.25. The van der Waals surface area contributed by atoms with Crippen molar-refractivity contribution in [1.29, 1.82) is 0 Å². The van der Waals surface area contributed by atoms with Crippen molar-refractivity contribution >= 4 is 0 Å². The molecule has 0 radical (unpaired) electrons. The Morgan fingerprint density at radius 3 is 2.42 bits per heavy atom. The Labute approximate surface area is 113 Å². The molecule has 0 aliphatic rings. The van der Waals surface area contributed by atoms with Crippen molar-refractivity contribution in [2.45, 2.75) is 19.4 Å². The fraction of sp³-hybridized carbons (Fsp3) is 0.333. The summed E-state index contributed by atoms with van der Waals surface area (Å²) in [5.74, 6) is 3.04. The van der Waals surface area contributed by atoms with Crippen molar-refractivity contribution in [3.63, 3.8) is 0 Å². The molecule has 1 heterocycles. The molecule has 0 saturated carbocycles. The lowest BCUT2D eigenvalue weighted by molar-refractivity contribution is 0.354. The first-order valence-electron chi connectivity index (χ1n) is 6.25. The summed E-state index contributed by atoms with van der Waals surface area (Å²) in [6.45, 7) is 2.05. The van der Waals surface area contributed by atoms with Gasteiger partial charge in [-0.05, 0) is 29.8 Å². The molecular formula is C15H19NO3. The standard InChI is InChI=1S/C15H19NO3/c1-4-11-6-8-13(19-11)15(16)10-5-7-12(17-2)14(9-10)18-3/h5-9,15H,4,16H2,1-3H3. The molecule has 0 aliphatic heterocycles. The first-order valence-corrected chi connectivity index (χ1v) is 6.25. The van der Waals surface area contributed by atoms with E-state index in [1.165, 1.54) is 0 Å². The van der Waals surface area contributed by atoms with Gasteiger partial charge in [-0.15, -0.1) is 0 Å². The zero-order valence-electron chi connectivity index (χ0n) is 11.5. The normalized spacial score (nSPS) is 12.2. The number of ether oxygens (including phenoxy) is 2. The van der Waals surface area contributed by atoms with Crippen molar-refractivity contribution in [1.82, 2.24) is 0 Å². The smallest absolute Gasteiger partial charge is 0.161 e. The molecule has 1 atom stereocenters. The highest BCUT2D eigenvalue weighted by Crippen LogP contribution is 2.31. The quantitative estimate of drug-likeness (QED) is 0.899. The van der Waals surface area contributed by atoms with Crippen LogP contribution in [0.2, 0.25) is 0 Å². The lowest BCUT2D eigenvalue weighted by Gasteiger charge is -2.13. The molecule has 0 spiro atoms. The van der Waals surface area contributed by atoms with Crippen LogP contribution in [0.25, 0.3) is 0 Å². The van der Waals surface area contributed by atoms with Crippen LogP contribution >= 0.6 is 0 Å². The monoisotopic (exact) mass is 261 g/mol. The van der Waals surface area contributed by atoms with Crippen LogP contribution < -0.4 is 15.2 Å². The molecule has 102 valence electrons. The predicted octanol–water partition coefficient (Wildman–Crippen LogP) is 2.91. The zero-order chi connectivity index (χ0) is 13.8. The molecule has 1 unspecified atom stereocenters. The van der Waals surface area contributed by atoms with Crippen molar-refractivity contribution in [2.75, 3.05) is 14.2 Å². The van der Waals surface area contributed by atoms with E-state index in [9.17, 15) is 0 Å². The molecule has 4 nitrogen and oxygen atoms in total. The highest BCUT2D eigenvalue weighted by atomic mass is 16.5. The van der Waals surface area contributed by atoms with Crippen LogP contribution in [0.4, 0.5) is 0 Å². The maximum atomic E-state index is 6.21. The van der Waals surface area contributed by atoms with Crippen molar-refractivity contribution in [2.24, 2.45) is 5.73 Å². The zero-order valence-corrected chi connectivity index (χ0v) is 11.5. The highest BCUT2D eigenvalue weighted by molar-refractivity contribution is 5.45. The number of methoxy groups -OCH3 is 2.